The number of nitrogens with zero attached hydrogens (tertiary/aromatic N) is 2. The van der Waals surface area contributed by atoms with Crippen LogP contribution in [0, 0.1) is 0 Å². The fourth-order valence-electron chi connectivity index (χ4n) is 6.85. The molecular weight excluding hydrogens is 605 g/mol. The molecule has 0 bridgehead atoms. The van der Waals surface area contributed by atoms with Crippen molar-refractivity contribution in [2.45, 2.75) is 0 Å². The van der Waals surface area contributed by atoms with Crippen molar-refractivity contribution in [3.63, 3.8) is 0 Å². The maximum atomic E-state index is 2.41. The molecule has 0 N–H and O–H groups in total. The Labute approximate surface area is 294 Å². The molecule has 0 aromatic heterocycles. The second kappa shape index (κ2) is 14.2. The highest BCUT2D eigenvalue weighted by Crippen LogP contribution is 2.51. The Balaban J connectivity index is 1.46. The van der Waals surface area contributed by atoms with Crippen LogP contribution in [-0.4, -0.2) is 0 Å². The zero-order valence-electron chi connectivity index (χ0n) is 27.7. The average molecular weight is 641 g/mol. The molecule has 0 aliphatic heterocycles. The molecule has 0 radical (unpaired) electrons. The Kier molecular flexibility index (Phi) is 8.73. The largest absolute Gasteiger partial charge is 0.308 e. The first kappa shape index (κ1) is 30.7. The van der Waals surface area contributed by atoms with Crippen molar-refractivity contribution in [3.05, 3.63) is 218 Å². The predicted molar refractivity (Wildman–Crippen MR) is 212 cm³/mol. The first-order chi connectivity index (χ1) is 24.9. The fourth-order valence-corrected chi connectivity index (χ4v) is 6.85. The summed E-state index contributed by atoms with van der Waals surface area (Å²) in [5, 5.41) is 0. The van der Waals surface area contributed by atoms with E-state index in [9.17, 15) is 0 Å². The summed E-state index contributed by atoms with van der Waals surface area (Å²) in [6.45, 7) is 0. The lowest BCUT2D eigenvalue weighted by Crippen LogP contribution is -2.18. The van der Waals surface area contributed by atoms with Gasteiger partial charge in [0.15, 0.2) is 0 Å². The minimum Gasteiger partial charge on any atom is -0.308 e. The average Bonchev–Trinajstić information content (AvgIpc) is 3.20. The summed E-state index contributed by atoms with van der Waals surface area (Å²) in [4.78, 5) is 4.78. The van der Waals surface area contributed by atoms with E-state index in [2.05, 4.69) is 228 Å². The minimum absolute atomic E-state index is 1.07. The van der Waals surface area contributed by atoms with Crippen molar-refractivity contribution in [3.8, 4) is 33.4 Å². The van der Waals surface area contributed by atoms with Crippen LogP contribution in [0.3, 0.4) is 0 Å². The lowest BCUT2D eigenvalue weighted by molar-refractivity contribution is 1.23. The van der Waals surface area contributed by atoms with Crippen LogP contribution in [0.4, 0.5) is 34.1 Å². The Morgan fingerprint density at radius 2 is 0.540 bits per heavy atom. The molecule has 0 heterocycles. The number of hydrogen-bond acceptors (Lipinski definition) is 2. The van der Waals surface area contributed by atoms with E-state index in [0.29, 0.717) is 0 Å². The topological polar surface area (TPSA) is 6.48 Å². The highest BCUT2D eigenvalue weighted by Gasteiger charge is 2.26. The van der Waals surface area contributed by atoms with Gasteiger partial charge in [0.1, 0.15) is 0 Å². The van der Waals surface area contributed by atoms with Crippen LogP contribution in [0.1, 0.15) is 0 Å². The van der Waals surface area contributed by atoms with Crippen molar-refractivity contribution in [1.82, 2.24) is 0 Å². The molecule has 0 aliphatic rings. The molecule has 0 spiro atoms. The molecule has 8 rings (SSSR count). The number of hydrogen-bond donors (Lipinski definition) is 0. The molecule has 0 unspecified atom stereocenters. The third kappa shape index (κ3) is 6.07. The number of benzene rings is 8. The first-order valence-corrected chi connectivity index (χ1v) is 17.0. The lowest BCUT2D eigenvalue weighted by Gasteiger charge is -2.35. The monoisotopic (exact) mass is 640 g/mol. The molecule has 0 atom stereocenters. The molecule has 0 saturated heterocycles. The summed E-state index contributed by atoms with van der Waals surface area (Å²) in [5.74, 6) is 0. The van der Waals surface area contributed by atoms with Gasteiger partial charge in [-0.3, -0.25) is 0 Å². The van der Waals surface area contributed by atoms with Crippen LogP contribution in [0.5, 0.6) is 0 Å². The van der Waals surface area contributed by atoms with Gasteiger partial charge in [0, 0.05) is 28.3 Å². The third-order valence-corrected chi connectivity index (χ3v) is 9.06. The zero-order chi connectivity index (χ0) is 33.5. The molecule has 2 nitrogen and oxygen atoms in total. The maximum absolute atomic E-state index is 2.41. The Morgan fingerprint density at radius 3 is 1.00 bits per heavy atom. The van der Waals surface area contributed by atoms with Crippen molar-refractivity contribution in [1.29, 1.82) is 0 Å². The highest BCUT2D eigenvalue weighted by atomic mass is 15.2. The molecule has 50 heavy (non-hydrogen) atoms. The summed E-state index contributed by atoms with van der Waals surface area (Å²) >= 11 is 0. The molecule has 8 aromatic rings. The third-order valence-electron chi connectivity index (χ3n) is 9.06. The molecule has 0 aliphatic carbocycles. The second-order valence-electron chi connectivity index (χ2n) is 12.1. The fraction of sp³-hybridized carbons (Fsp3) is 0. The van der Waals surface area contributed by atoms with Gasteiger partial charge in [-0.2, -0.15) is 0 Å². The van der Waals surface area contributed by atoms with Crippen LogP contribution in [0.2, 0.25) is 0 Å². The van der Waals surface area contributed by atoms with E-state index in [4.69, 9.17) is 0 Å². The van der Waals surface area contributed by atoms with Gasteiger partial charge in [-0.1, -0.05) is 164 Å². The van der Waals surface area contributed by atoms with Gasteiger partial charge in [-0.25, -0.2) is 0 Å². The van der Waals surface area contributed by atoms with Gasteiger partial charge in [0.05, 0.1) is 11.4 Å². The standard InChI is InChI=1S/C48H36N2/c1-6-21-37(22-7-1)42-31-16-17-32-43(42)44-33-18-19-34-45(44)46-35-20-36-47(49(38-23-8-2-9-24-38)39-25-10-3-11-26-39)48(46)50(40-27-12-4-13-28-40)41-29-14-5-15-30-41/h1-36H. The predicted octanol–water partition coefficient (Wildman–Crippen LogP) is 13.6. The summed E-state index contributed by atoms with van der Waals surface area (Å²) < 4.78 is 0. The molecule has 8 aromatic carbocycles. The molecule has 2 heteroatoms. The van der Waals surface area contributed by atoms with Crippen molar-refractivity contribution < 1.29 is 0 Å². The SMILES string of the molecule is c1ccc(-c2ccccc2-c2ccccc2-c2cccc(N(c3ccccc3)c3ccccc3)c2N(c2ccccc2)c2ccccc2)cc1. The van der Waals surface area contributed by atoms with Gasteiger partial charge >= 0.3 is 0 Å². The van der Waals surface area contributed by atoms with Gasteiger partial charge < -0.3 is 9.80 Å². The van der Waals surface area contributed by atoms with E-state index in [0.717, 1.165) is 45.3 Å². The Hall–Kier alpha value is -6.64. The van der Waals surface area contributed by atoms with E-state index in [-0.39, 0.29) is 0 Å². The van der Waals surface area contributed by atoms with Crippen LogP contribution in [0.15, 0.2) is 218 Å². The van der Waals surface area contributed by atoms with Crippen LogP contribution < -0.4 is 9.80 Å². The number of anilines is 6. The van der Waals surface area contributed by atoms with E-state index in [1.54, 1.807) is 0 Å². The smallest absolute Gasteiger partial charge is 0.0781 e. The molecule has 0 fully saturated rings. The summed E-state index contributed by atoms with van der Waals surface area (Å²) in [5.41, 5.74) is 13.5. The van der Waals surface area contributed by atoms with Crippen LogP contribution >= 0.6 is 0 Å². The van der Waals surface area contributed by atoms with Gasteiger partial charge in [-0.15, -0.1) is 0 Å². The Bertz CT molecular complexity index is 2220. The van der Waals surface area contributed by atoms with E-state index >= 15 is 0 Å². The second-order valence-corrected chi connectivity index (χ2v) is 12.1. The summed E-state index contributed by atoms with van der Waals surface area (Å²) in [7, 11) is 0. The molecule has 238 valence electrons. The van der Waals surface area contributed by atoms with Gasteiger partial charge in [0.2, 0.25) is 0 Å². The van der Waals surface area contributed by atoms with Gasteiger partial charge in [0.25, 0.3) is 0 Å². The van der Waals surface area contributed by atoms with Crippen molar-refractivity contribution in [2.24, 2.45) is 0 Å². The quantitative estimate of drug-likeness (QED) is 0.155. The number of para-hydroxylation sites is 5. The molecule has 0 saturated carbocycles. The molecule has 0 amide bonds. The first-order valence-electron chi connectivity index (χ1n) is 17.0. The van der Waals surface area contributed by atoms with E-state index < -0.39 is 0 Å². The van der Waals surface area contributed by atoms with Crippen molar-refractivity contribution in [2.75, 3.05) is 9.80 Å². The molecular formula is C48H36N2. The highest BCUT2D eigenvalue weighted by molar-refractivity contribution is 6.03. The van der Waals surface area contributed by atoms with Crippen molar-refractivity contribution >= 4 is 34.1 Å². The lowest BCUT2D eigenvalue weighted by atomic mass is 9.88. The minimum atomic E-state index is 1.07. The van der Waals surface area contributed by atoms with Gasteiger partial charge in [-0.05, 0) is 82.4 Å². The van der Waals surface area contributed by atoms with E-state index in [1.807, 2.05) is 0 Å². The number of rotatable bonds is 9. The maximum Gasteiger partial charge on any atom is 0.0781 e. The van der Waals surface area contributed by atoms with E-state index in [1.165, 1.54) is 22.3 Å². The van der Waals surface area contributed by atoms with Crippen LogP contribution in [0.25, 0.3) is 33.4 Å². The normalized spacial score (nSPS) is 10.8. The summed E-state index contributed by atoms with van der Waals surface area (Å²) in [6.07, 6.45) is 0. The zero-order valence-corrected chi connectivity index (χ0v) is 27.7. The van der Waals surface area contributed by atoms with Crippen LogP contribution in [-0.2, 0) is 0 Å². The summed E-state index contributed by atoms with van der Waals surface area (Å²) in [6, 6.07) is 77.7. The Morgan fingerprint density at radius 1 is 0.220 bits per heavy atom.